The van der Waals surface area contributed by atoms with E-state index in [0.717, 1.165) is 17.2 Å². The van der Waals surface area contributed by atoms with Gasteiger partial charge in [-0.05, 0) is 51.0 Å². The molecule has 3 rings (SSSR count). The molecule has 1 heterocycles. The maximum Gasteiger partial charge on any atom is 0.336 e. The minimum absolute atomic E-state index is 0.0294. The molecule has 0 spiro atoms. The summed E-state index contributed by atoms with van der Waals surface area (Å²) in [6, 6.07) is 10.8. The molecule has 4 nitrogen and oxygen atoms in total. The lowest BCUT2D eigenvalue weighted by Gasteiger charge is -2.35. The van der Waals surface area contributed by atoms with Gasteiger partial charge in [0.15, 0.2) is 0 Å². The fourth-order valence-electron chi connectivity index (χ4n) is 3.80. The molecule has 0 unspecified atom stereocenters. The predicted molar refractivity (Wildman–Crippen MR) is 109 cm³/mol. The van der Waals surface area contributed by atoms with Crippen molar-refractivity contribution < 1.29 is 23.1 Å². The first-order valence-electron chi connectivity index (χ1n) is 9.89. The van der Waals surface area contributed by atoms with Crippen molar-refractivity contribution in [2.45, 2.75) is 52.7 Å². The van der Waals surface area contributed by atoms with Crippen molar-refractivity contribution in [2.75, 3.05) is 0 Å². The second-order valence-corrected chi connectivity index (χ2v) is 7.88. The maximum absolute atomic E-state index is 13.6. The van der Waals surface area contributed by atoms with E-state index in [1.807, 2.05) is 31.2 Å². The number of rotatable bonds is 5. The summed E-state index contributed by atoms with van der Waals surface area (Å²) in [4.78, 5) is 27.4. The molecule has 0 radical (unpaired) electrons. The van der Waals surface area contributed by atoms with E-state index in [4.69, 9.17) is 4.74 Å². The zero-order valence-electron chi connectivity index (χ0n) is 17.5. The number of hydrogen-bond acceptors (Lipinski definition) is 3. The van der Waals surface area contributed by atoms with Crippen LogP contribution < -0.4 is 0 Å². The molecule has 1 aliphatic heterocycles. The molecule has 1 aliphatic rings. The summed E-state index contributed by atoms with van der Waals surface area (Å²) >= 11 is 0. The summed E-state index contributed by atoms with van der Waals surface area (Å²) in [6.45, 7) is 7.11. The molecule has 0 N–H and O–H groups in total. The van der Waals surface area contributed by atoms with Crippen LogP contribution in [0.5, 0.6) is 0 Å². The quantitative estimate of drug-likeness (QED) is 0.647. The number of aryl methyl sites for hydroxylation is 1. The summed E-state index contributed by atoms with van der Waals surface area (Å²) < 4.78 is 32.7. The SMILES string of the molecule is CC1=C(C(=O)OC(C)C)[C@@H](c2cccc(C)c2)CC(=O)N1Cc1cc(F)cc(F)c1. The molecule has 1 atom stereocenters. The molecule has 0 saturated heterocycles. The third kappa shape index (κ3) is 4.75. The van der Waals surface area contributed by atoms with Gasteiger partial charge in [-0.3, -0.25) is 4.79 Å². The summed E-state index contributed by atoms with van der Waals surface area (Å²) in [6.07, 6.45) is -0.249. The van der Waals surface area contributed by atoms with Crippen molar-refractivity contribution in [1.82, 2.24) is 4.90 Å². The first-order valence-corrected chi connectivity index (χ1v) is 9.89. The topological polar surface area (TPSA) is 46.6 Å². The monoisotopic (exact) mass is 413 g/mol. The molecule has 2 aromatic carbocycles. The highest BCUT2D eigenvalue weighted by Crippen LogP contribution is 2.38. The third-order valence-electron chi connectivity index (χ3n) is 5.09. The van der Waals surface area contributed by atoms with Gasteiger partial charge >= 0.3 is 5.97 Å². The largest absolute Gasteiger partial charge is 0.460 e. The van der Waals surface area contributed by atoms with Crippen molar-refractivity contribution in [3.8, 4) is 0 Å². The Morgan fingerprint density at radius 1 is 1.13 bits per heavy atom. The lowest BCUT2D eigenvalue weighted by molar-refractivity contribution is -0.143. The van der Waals surface area contributed by atoms with Gasteiger partial charge in [-0.25, -0.2) is 13.6 Å². The number of hydrogen-bond donors (Lipinski definition) is 0. The van der Waals surface area contributed by atoms with Gasteiger partial charge in [-0.15, -0.1) is 0 Å². The van der Waals surface area contributed by atoms with Gasteiger partial charge in [-0.1, -0.05) is 29.8 Å². The molecule has 0 bridgehead atoms. The molecule has 0 aliphatic carbocycles. The number of carbonyl (C=O) groups is 2. The van der Waals surface area contributed by atoms with Crippen LogP contribution in [0.3, 0.4) is 0 Å². The lowest BCUT2D eigenvalue weighted by atomic mass is 9.83. The molecule has 6 heteroatoms. The van der Waals surface area contributed by atoms with Crippen molar-refractivity contribution >= 4 is 11.9 Å². The maximum atomic E-state index is 13.6. The molecule has 0 aromatic heterocycles. The van der Waals surface area contributed by atoms with E-state index in [1.165, 1.54) is 17.0 Å². The van der Waals surface area contributed by atoms with Crippen molar-refractivity contribution in [3.63, 3.8) is 0 Å². The number of amides is 1. The highest BCUT2D eigenvalue weighted by molar-refractivity contribution is 5.96. The Hall–Kier alpha value is -3.02. The van der Waals surface area contributed by atoms with E-state index in [9.17, 15) is 18.4 Å². The average molecular weight is 413 g/mol. The first-order chi connectivity index (χ1) is 14.2. The van der Waals surface area contributed by atoms with Gasteiger partial charge in [0.1, 0.15) is 11.6 Å². The molecule has 158 valence electrons. The summed E-state index contributed by atoms with van der Waals surface area (Å²) in [5, 5.41) is 0. The Morgan fingerprint density at radius 2 is 1.80 bits per heavy atom. The van der Waals surface area contributed by atoms with Crippen LogP contribution in [0, 0.1) is 18.6 Å². The van der Waals surface area contributed by atoms with Crippen molar-refractivity contribution in [3.05, 3.63) is 82.1 Å². The summed E-state index contributed by atoms with van der Waals surface area (Å²) in [5.74, 6) is -2.58. The van der Waals surface area contributed by atoms with Crippen molar-refractivity contribution in [1.29, 1.82) is 0 Å². The summed E-state index contributed by atoms with van der Waals surface area (Å²) in [5.41, 5.74) is 3.02. The van der Waals surface area contributed by atoms with E-state index < -0.39 is 23.5 Å². The van der Waals surface area contributed by atoms with Crippen LogP contribution >= 0.6 is 0 Å². The van der Waals surface area contributed by atoms with Gasteiger partial charge in [-0.2, -0.15) is 0 Å². The molecule has 1 amide bonds. The van der Waals surface area contributed by atoms with Crippen LogP contribution in [0.25, 0.3) is 0 Å². The van der Waals surface area contributed by atoms with E-state index >= 15 is 0 Å². The van der Waals surface area contributed by atoms with Crippen LogP contribution in [0.1, 0.15) is 49.8 Å². The van der Waals surface area contributed by atoms with Crippen LogP contribution in [0.2, 0.25) is 0 Å². The number of allylic oxidation sites excluding steroid dienone is 1. The fourth-order valence-corrected chi connectivity index (χ4v) is 3.80. The van der Waals surface area contributed by atoms with Crippen molar-refractivity contribution in [2.24, 2.45) is 0 Å². The highest BCUT2D eigenvalue weighted by Gasteiger charge is 2.37. The third-order valence-corrected chi connectivity index (χ3v) is 5.09. The fraction of sp³-hybridized carbons (Fsp3) is 0.333. The van der Waals surface area contributed by atoms with Gasteiger partial charge in [0.05, 0.1) is 18.2 Å². The Balaban J connectivity index is 2.05. The van der Waals surface area contributed by atoms with E-state index in [0.29, 0.717) is 16.8 Å². The lowest BCUT2D eigenvalue weighted by Crippen LogP contribution is -2.38. The average Bonchev–Trinajstić information content (AvgIpc) is 2.63. The predicted octanol–water partition coefficient (Wildman–Crippen LogP) is 5.01. The zero-order valence-corrected chi connectivity index (χ0v) is 17.5. The Kier molecular flexibility index (Phi) is 6.34. The molecule has 0 fully saturated rings. The molecular weight excluding hydrogens is 388 g/mol. The smallest absolute Gasteiger partial charge is 0.336 e. The molecule has 2 aromatic rings. The highest BCUT2D eigenvalue weighted by atomic mass is 19.1. The minimum atomic E-state index is -0.715. The number of nitrogens with zero attached hydrogens (tertiary/aromatic N) is 1. The van der Waals surface area contributed by atoms with E-state index in [-0.39, 0.29) is 25.0 Å². The molecule has 0 saturated carbocycles. The Labute approximate surface area is 175 Å². The van der Waals surface area contributed by atoms with Gasteiger partial charge in [0.2, 0.25) is 5.91 Å². The number of halogens is 2. The molecular formula is C24H25F2NO3. The minimum Gasteiger partial charge on any atom is -0.460 e. The number of esters is 1. The van der Waals surface area contributed by atoms with E-state index in [2.05, 4.69) is 0 Å². The summed E-state index contributed by atoms with van der Waals surface area (Å²) in [7, 11) is 0. The molecule has 30 heavy (non-hydrogen) atoms. The number of benzene rings is 2. The Bertz CT molecular complexity index is 993. The van der Waals surface area contributed by atoms with Gasteiger partial charge < -0.3 is 9.64 Å². The van der Waals surface area contributed by atoms with Gasteiger partial charge in [0.25, 0.3) is 0 Å². The number of ether oxygens (including phenoxy) is 1. The van der Waals surface area contributed by atoms with Crippen LogP contribution in [-0.2, 0) is 20.9 Å². The van der Waals surface area contributed by atoms with E-state index in [1.54, 1.807) is 20.8 Å². The van der Waals surface area contributed by atoms with Crippen LogP contribution in [0.4, 0.5) is 8.78 Å². The second kappa shape index (κ2) is 8.78. The Morgan fingerprint density at radius 3 is 2.40 bits per heavy atom. The normalized spacial score (nSPS) is 17.0. The van der Waals surface area contributed by atoms with Crippen LogP contribution in [-0.4, -0.2) is 22.9 Å². The van der Waals surface area contributed by atoms with Crippen LogP contribution in [0.15, 0.2) is 53.7 Å². The zero-order chi connectivity index (χ0) is 22.0. The second-order valence-electron chi connectivity index (χ2n) is 7.88. The van der Waals surface area contributed by atoms with Gasteiger partial charge in [0, 0.05) is 24.1 Å². The number of carbonyl (C=O) groups excluding carboxylic acids is 2. The standard InChI is InChI=1S/C24H25F2NO3/c1-14(2)30-24(29)23-16(4)27(13-17-9-19(25)11-20(26)10-17)22(28)12-21(23)18-7-5-6-15(3)8-18/h5-11,14,21H,12-13H2,1-4H3/t21-/m1/s1. The first kappa shape index (κ1) is 21.7.